The summed E-state index contributed by atoms with van der Waals surface area (Å²) < 4.78 is 43.8. The molecule has 1 aliphatic rings. The zero-order valence-electron chi connectivity index (χ0n) is 17.8. The zero-order valence-corrected chi connectivity index (χ0v) is 17.8. The molecular weight excluding hydrogens is 411 g/mol. The number of esters is 1. The van der Waals surface area contributed by atoms with E-state index < -0.39 is 17.7 Å². The summed E-state index contributed by atoms with van der Waals surface area (Å²) >= 11 is 0. The molecule has 1 aromatic heterocycles. The average molecular weight is 437 g/mol. The van der Waals surface area contributed by atoms with E-state index >= 15 is 0 Å². The summed E-state index contributed by atoms with van der Waals surface area (Å²) in [4.78, 5) is 31.9. The summed E-state index contributed by atoms with van der Waals surface area (Å²) in [6, 6.07) is 5.31. The lowest BCUT2D eigenvalue weighted by Gasteiger charge is -2.34. The number of aromatic nitrogens is 1. The molecule has 1 aliphatic heterocycles. The molecule has 2 heterocycles. The van der Waals surface area contributed by atoms with Gasteiger partial charge in [-0.15, -0.1) is 0 Å². The number of benzene rings is 1. The van der Waals surface area contributed by atoms with Gasteiger partial charge in [0.05, 0.1) is 17.7 Å². The van der Waals surface area contributed by atoms with E-state index in [1.807, 2.05) is 4.90 Å². The molecule has 1 saturated heterocycles. The number of carbonyl (C=O) groups excluding carboxylic acids is 2. The van der Waals surface area contributed by atoms with Crippen molar-refractivity contribution in [1.82, 2.24) is 14.8 Å². The van der Waals surface area contributed by atoms with Gasteiger partial charge in [-0.2, -0.15) is 13.2 Å². The Hall–Kier alpha value is -2.81. The maximum atomic E-state index is 13.0. The highest BCUT2D eigenvalue weighted by Crippen LogP contribution is 2.30. The second-order valence-corrected chi connectivity index (χ2v) is 7.61. The molecule has 31 heavy (non-hydrogen) atoms. The van der Waals surface area contributed by atoms with Crippen LogP contribution in [0.15, 0.2) is 24.3 Å². The Morgan fingerprint density at radius 2 is 1.81 bits per heavy atom. The van der Waals surface area contributed by atoms with Crippen molar-refractivity contribution in [1.29, 1.82) is 0 Å². The van der Waals surface area contributed by atoms with Crippen LogP contribution in [0.4, 0.5) is 13.2 Å². The van der Waals surface area contributed by atoms with E-state index in [2.05, 4.69) is 4.98 Å². The van der Waals surface area contributed by atoms with Crippen LogP contribution in [-0.4, -0.2) is 59.4 Å². The average Bonchev–Trinajstić information content (AvgIpc) is 3.02. The first-order valence-electron chi connectivity index (χ1n) is 10.2. The molecule has 1 aromatic carbocycles. The van der Waals surface area contributed by atoms with Gasteiger partial charge in [-0.3, -0.25) is 9.69 Å². The smallest absolute Gasteiger partial charge is 0.416 e. The minimum Gasteiger partial charge on any atom is -0.462 e. The van der Waals surface area contributed by atoms with Crippen LogP contribution in [0.5, 0.6) is 0 Å². The van der Waals surface area contributed by atoms with Gasteiger partial charge in [0.1, 0.15) is 5.69 Å². The number of ether oxygens (including phenoxy) is 1. The van der Waals surface area contributed by atoms with Crippen LogP contribution in [0.25, 0.3) is 0 Å². The SMILES string of the molecule is CCOC(=O)c1c(C)[nH]c(C(=O)N2CCN(Cc3cccc(C(F)(F)F)c3)CC2)c1C. The molecule has 0 aliphatic carbocycles. The highest BCUT2D eigenvalue weighted by atomic mass is 19.4. The number of carbonyl (C=O) groups is 2. The number of hydrogen-bond donors (Lipinski definition) is 1. The van der Waals surface area contributed by atoms with Crippen molar-refractivity contribution in [3.63, 3.8) is 0 Å². The predicted molar refractivity (Wildman–Crippen MR) is 109 cm³/mol. The predicted octanol–water partition coefficient (Wildman–Crippen LogP) is 3.79. The van der Waals surface area contributed by atoms with Gasteiger partial charge in [0.25, 0.3) is 5.91 Å². The number of alkyl halides is 3. The number of H-pyrrole nitrogens is 1. The summed E-state index contributed by atoms with van der Waals surface area (Å²) in [5.41, 5.74) is 1.83. The third-order valence-electron chi connectivity index (χ3n) is 5.45. The van der Waals surface area contributed by atoms with Gasteiger partial charge in [-0.25, -0.2) is 4.79 Å². The molecule has 0 saturated carbocycles. The highest BCUT2D eigenvalue weighted by Gasteiger charge is 2.31. The first-order valence-corrected chi connectivity index (χ1v) is 10.2. The largest absolute Gasteiger partial charge is 0.462 e. The topological polar surface area (TPSA) is 65.6 Å². The van der Waals surface area contributed by atoms with Crippen LogP contribution < -0.4 is 0 Å². The van der Waals surface area contributed by atoms with Gasteiger partial charge in [-0.05, 0) is 38.0 Å². The van der Waals surface area contributed by atoms with Crippen LogP contribution in [0, 0.1) is 13.8 Å². The summed E-state index contributed by atoms with van der Waals surface area (Å²) in [6.45, 7) is 7.79. The number of hydrogen-bond acceptors (Lipinski definition) is 4. The molecular formula is C22H26F3N3O3. The maximum Gasteiger partial charge on any atom is 0.416 e. The lowest BCUT2D eigenvalue weighted by atomic mass is 10.1. The molecule has 0 atom stereocenters. The third kappa shape index (κ3) is 5.10. The second kappa shape index (κ2) is 9.13. The molecule has 1 fully saturated rings. The highest BCUT2D eigenvalue weighted by molar-refractivity contribution is 6.00. The van der Waals surface area contributed by atoms with Crippen molar-refractivity contribution in [3.05, 3.63) is 57.9 Å². The van der Waals surface area contributed by atoms with Crippen LogP contribution in [-0.2, 0) is 17.5 Å². The van der Waals surface area contributed by atoms with Crippen molar-refractivity contribution < 1.29 is 27.5 Å². The molecule has 3 rings (SSSR count). The van der Waals surface area contributed by atoms with E-state index in [-0.39, 0.29) is 12.5 Å². The van der Waals surface area contributed by atoms with Gasteiger partial charge in [-0.1, -0.05) is 18.2 Å². The third-order valence-corrected chi connectivity index (χ3v) is 5.45. The summed E-state index contributed by atoms with van der Waals surface area (Å²) in [6.07, 6.45) is -4.37. The minimum atomic E-state index is -4.37. The van der Waals surface area contributed by atoms with Crippen LogP contribution >= 0.6 is 0 Å². The monoisotopic (exact) mass is 437 g/mol. The molecule has 0 radical (unpaired) electrons. The van der Waals surface area contributed by atoms with E-state index in [1.54, 1.807) is 31.7 Å². The molecule has 1 amide bonds. The standard InChI is InChI=1S/C22H26F3N3O3/c1-4-31-21(30)18-14(2)19(26-15(18)3)20(29)28-10-8-27(9-11-28)13-16-6-5-7-17(12-16)22(23,24)25/h5-7,12,26H,4,8-11,13H2,1-3H3. The molecule has 0 bridgehead atoms. The van der Waals surface area contributed by atoms with Gasteiger partial charge in [0, 0.05) is 38.4 Å². The van der Waals surface area contributed by atoms with Gasteiger partial charge in [0.15, 0.2) is 0 Å². The number of amides is 1. The van der Waals surface area contributed by atoms with Crippen molar-refractivity contribution in [3.8, 4) is 0 Å². The Morgan fingerprint density at radius 3 is 2.42 bits per heavy atom. The molecule has 2 aromatic rings. The molecule has 0 unspecified atom stereocenters. The van der Waals surface area contributed by atoms with Crippen molar-refractivity contribution in [2.75, 3.05) is 32.8 Å². The van der Waals surface area contributed by atoms with E-state index in [4.69, 9.17) is 4.74 Å². The van der Waals surface area contributed by atoms with E-state index in [1.165, 1.54) is 12.1 Å². The van der Waals surface area contributed by atoms with E-state index in [0.29, 0.717) is 60.8 Å². The number of aromatic amines is 1. The van der Waals surface area contributed by atoms with Crippen LogP contribution in [0.2, 0.25) is 0 Å². The number of aryl methyl sites for hydroxylation is 1. The summed E-state index contributed by atoms with van der Waals surface area (Å²) in [7, 11) is 0. The van der Waals surface area contributed by atoms with Gasteiger partial charge >= 0.3 is 12.1 Å². The van der Waals surface area contributed by atoms with E-state index in [9.17, 15) is 22.8 Å². The summed E-state index contributed by atoms with van der Waals surface area (Å²) in [5, 5.41) is 0. The quantitative estimate of drug-likeness (QED) is 0.723. The minimum absolute atomic E-state index is 0.199. The Kier molecular flexibility index (Phi) is 6.74. The number of rotatable bonds is 5. The molecule has 0 spiro atoms. The Bertz CT molecular complexity index is 961. The fraction of sp³-hybridized carbons (Fsp3) is 0.455. The normalized spacial score (nSPS) is 15.2. The zero-order chi connectivity index (χ0) is 22.8. The number of piperazine rings is 1. The second-order valence-electron chi connectivity index (χ2n) is 7.61. The van der Waals surface area contributed by atoms with Crippen LogP contribution in [0.3, 0.4) is 0 Å². The fourth-order valence-corrected chi connectivity index (χ4v) is 3.84. The fourth-order valence-electron chi connectivity index (χ4n) is 3.84. The first kappa shape index (κ1) is 22.9. The number of nitrogens with one attached hydrogen (secondary N) is 1. The van der Waals surface area contributed by atoms with Crippen molar-refractivity contribution >= 4 is 11.9 Å². The molecule has 6 nitrogen and oxygen atoms in total. The van der Waals surface area contributed by atoms with Gasteiger partial charge in [0.2, 0.25) is 0 Å². The first-order chi connectivity index (χ1) is 14.6. The Morgan fingerprint density at radius 1 is 1.13 bits per heavy atom. The molecule has 168 valence electrons. The molecule has 1 N–H and O–H groups in total. The number of nitrogens with zero attached hydrogens (tertiary/aromatic N) is 2. The summed E-state index contributed by atoms with van der Waals surface area (Å²) in [5.74, 6) is -0.659. The lowest BCUT2D eigenvalue weighted by molar-refractivity contribution is -0.137. The van der Waals surface area contributed by atoms with Crippen molar-refractivity contribution in [2.45, 2.75) is 33.5 Å². The lowest BCUT2D eigenvalue weighted by Crippen LogP contribution is -2.48. The van der Waals surface area contributed by atoms with Gasteiger partial charge < -0.3 is 14.6 Å². The Balaban J connectivity index is 1.63. The Labute approximate surface area is 179 Å². The van der Waals surface area contributed by atoms with E-state index in [0.717, 1.165) is 6.07 Å². The molecule has 9 heteroatoms. The number of halogens is 3. The maximum absolute atomic E-state index is 13.0. The van der Waals surface area contributed by atoms with Crippen LogP contribution in [0.1, 0.15) is 50.2 Å². The van der Waals surface area contributed by atoms with Crippen molar-refractivity contribution in [2.24, 2.45) is 0 Å².